The van der Waals surface area contributed by atoms with Gasteiger partial charge in [-0.3, -0.25) is 14.5 Å². The van der Waals surface area contributed by atoms with Crippen LogP contribution in [0.15, 0.2) is 43.0 Å². The zero-order valence-electron chi connectivity index (χ0n) is 13.6. The molecule has 132 valence electrons. The van der Waals surface area contributed by atoms with Gasteiger partial charge in [0.25, 0.3) is 11.8 Å². The summed E-state index contributed by atoms with van der Waals surface area (Å²) >= 11 is 0. The third-order valence-corrected chi connectivity index (χ3v) is 3.33. The molecule has 1 saturated heterocycles. The number of hydroxylamine groups is 2. The Labute approximate surface area is 144 Å². The SMILES string of the molecule is C=CCN(CC(=O)ON1C(=O)CCC1=O)C(=O)OCc1ccccc1. The maximum absolute atomic E-state index is 12.1. The van der Waals surface area contributed by atoms with E-state index >= 15 is 0 Å². The van der Waals surface area contributed by atoms with Crippen LogP contribution in [-0.4, -0.2) is 46.9 Å². The smallest absolute Gasteiger partial charge is 0.410 e. The third-order valence-electron chi connectivity index (χ3n) is 3.33. The van der Waals surface area contributed by atoms with Gasteiger partial charge in [-0.2, -0.15) is 0 Å². The molecule has 0 aliphatic carbocycles. The minimum atomic E-state index is -0.915. The van der Waals surface area contributed by atoms with Crippen molar-refractivity contribution in [3.63, 3.8) is 0 Å². The maximum Gasteiger partial charge on any atom is 0.410 e. The molecule has 8 nitrogen and oxygen atoms in total. The molecule has 1 aliphatic heterocycles. The Morgan fingerprint density at radius 2 is 1.80 bits per heavy atom. The normalized spacial score (nSPS) is 13.5. The van der Waals surface area contributed by atoms with Crippen molar-refractivity contribution in [2.75, 3.05) is 13.1 Å². The van der Waals surface area contributed by atoms with Crippen LogP contribution in [0.4, 0.5) is 4.79 Å². The van der Waals surface area contributed by atoms with Crippen LogP contribution in [0.2, 0.25) is 0 Å². The van der Waals surface area contributed by atoms with E-state index in [-0.39, 0.29) is 26.0 Å². The average molecular weight is 346 g/mol. The van der Waals surface area contributed by atoms with Gasteiger partial charge >= 0.3 is 12.1 Å². The molecule has 0 saturated carbocycles. The molecule has 0 spiro atoms. The molecule has 1 heterocycles. The summed E-state index contributed by atoms with van der Waals surface area (Å²) in [4.78, 5) is 52.7. The molecule has 2 rings (SSSR count). The van der Waals surface area contributed by atoms with Crippen molar-refractivity contribution < 1.29 is 28.8 Å². The number of ether oxygens (including phenoxy) is 1. The first-order chi connectivity index (χ1) is 12.0. The first kappa shape index (κ1) is 18.2. The Morgan fingerprint density at radius 3 is 2.40 bits per heavy atom. The van der Waals surface area contributed by atoms with Gasteiger partial charge in [-0.05, 0) is 5.56 Å². The zero-order valence-corrected chi connectivity index (χ0v) is 13.6. The molecule has 0 bridgehead atoms. The van der Waals surface area contributed by atoms with Crippen LogP contribution in [0.1, 0.15) is 18.4 Å². The molecule has 0 N–H and O–H groups in total. The van der Waals surface area contributed by atoms with Gasteiger partial charge in [0, 0.05) is 19.4 Å². The minimum absolute atomic E-state index is 0.00159. The molecule has 25 heavy (non-hydrogen) atoms. The topological polar surface area (TPSA) is 93.2 Å². The average Bonchev–Trinajstić information content (AvgIpc) is 2.92. The monoisotopic (exact) mass is 346 g/mol. The van der Waals surface area contributed by atoms with E-state index in [0.29, 0.717) is 5.06 Å². The summed E-state index contributed by atoms with van der Waals surface area (Å²) in [6.07, 6.45) is 0.687. The quantitative estimate of drug-likeness (QED) is 0.547. The van der Waals surface area contributed by atoms with Gasteiger partial charge < -0.3 is 9.57 Å². The first-order valence-electron chi connectivity index (χ1n) is 7.64. The number of rotatable bonds is 7. The first-order valence-corrected chi connectivity index (χ1v) is 7.64. The molecule has 1 fully saturated rings. The molecule has 1 aliphatic rings. The number of benzene rings is 1. The lowest BCUT2D eigenvalue weighted by Gasteiger charge is -2.20. The highest BCUT2D eigenvalue weighted by molar-refractivity contribution is 6.01. The van der Waals surface area contributed by atoms with E-state index in [1.165, 1.54) is 6.08 Å². The molecule has 0 unspecified atom stereocenters. The summed E-state index contributed by atoms with van der Waals surface area (Å²) in [5.41, 5.74) is 0.797. The van der Waals surface area contributed by atoms with Crippen LogP contribution in [0.3, 0.4) is 0 Å². The number of hydrogen-bond acceptors (Lipinski definition) is 6. The van der Waals surface area contributed by atoms with Gasteiger partial charge in [0.15, 0.2) is 0 Å². The molecule has 0 atom stereocenters. The summed E-state index contributed by atoms with van der Waals surface area (Å²) in [5, 5.41) is 0.434. The zero-order chi connectivity index (χ0) is 18.2. The standard InChI is InChI=1S/C17H18N2O6/c1-2-10-18(17(23)24-12-13-6-4-3-5-7-13)11-16(22)25-19-14(20)8-9-15(19)21/h2-7H,1,8-12H2. The van der Waals surface area contributed by atoms with E-state index in [1.807, 2.05) is 18.2 Å². The molecule has 0 aromatic heterocycles. The van der Waals surface area contributed by atoms with Crippen molar-refractivity contribution in [1.29, 1.82) is 0 Å². The molecule has 0 radical (unpaired) electrons. The fourth-order valence-electron chi connectivity index (χ4n) is 2.11. The van der Waals surface area contributed by atoms with E-state index < -0.39 is 30.4 Å². The summed E-state index contributed by atoms with van der Waals surface area (Å²) in [6.45, 7) is 3.13. The van der Waals surface area contributed by atoms with Crippen LogP contribution in [0.5, 0.6) is 0 Å². The Balaban J connectivity index is 1.89. The lowest BCUT2D eigenvalue weighted by molar-refractivity contribution is -0.197. The van der Waals surface area contributed by atoms with Crippen molar-refractivity contribution in [3.05, 3.63) is 48.6 Å². The van der Waals surface area contributed by atoms with Crippen molar-refractivity contribution in [2.45, 2.75) is 19.4 Å². The van der Waals surface area contributed by atoms with Crippen molar-refractivity contribution >= 4 is 23.9 Å². The molecule has 1 aromatic rings. The van der Waals surface area contributed by atoms with E-state index in [1.54, 1.807) is 12.1 Å². The van der Waals surface area contributed by atoms with Crippen LogP contribution in [0, 0.1) is 0 Å². The number of nitrogens with zero attached hydrogens (tertiary/aromatic N) is 2. The third kappa shape index (κ3) is 5.17. The lowest BCUT2D eigenvalue weighted by Crippen LogP contribution is -2.40. The predicted octanol–water partition coefficient (Wildman–Crippen LogP) is 1.42. The van der Waals surface area contributed by atoms with Crippen LogP contribution >= 0.6 is 0 Å². The van der Waals surface area contributed by atoms with Gasteiger partial charge in [0.05, 0.1) is 0 Å². The van der Waals surface area contributed by atoms with E-state index in [4.69, 9.17) is 9.57 Å². The van der Waals surface area contributed by atoms with Crippen LogP contribution < -0.4 is 0 Å². The Kier molecular flexibility index (Phi) is 6.27. The highest BCUT2D eigenvalue weighted by Gasteiger charge is 2.33. The summed E-state index contributed by atoms with van der Waals surface area (Å²) in [6, 6.07) is 9.05. The largest absolute Gasteiger partial charge is 0.445 e. The second kappa shape index (κ2) is 8.62. The second-order valence-corrected chi connectivity index (χ2v) is 5.25. The number of carbonyl (C=O) groups excluding carboxylic acids is 4. The second-order valence-electron chi connectivity index (χ2n) is 5.25. The highest BCUT2D eigenvalue weighted by atomic mass is 16.7. The van der Waals surface area contributed by atoms with E-state index in [9.17, 15) is 19.2 Å². The van der Waals surface area contributed by atoms with E-state index in [2.05, 4.69) is 6.58 Å². The van der Waals surface area contributed by atoms with Crippen LogP contribution in [-0.2, 0) is 30.6 Å². The molecular weight excluding hydrogens is 328 g/mol. The fraction of sp³-hybridized carbons (Fsp3) is 0.294. The summed E-state index contributed by atoms with van der Waals surface area (Å²) in [7, 11) is 0. The number of amides is 3. The number of carbonyl (C=O) groups is 4. The van der Waals surface area contributed by atoms with Crippen LogP contribution in [0.25, 0.3) is 0 Å². The number of hydrogen-bond donors (Lipinski definition) is 0. The highest BCUT2D eigenvalue weighted by Crippen LogP contribution is 2.12. The van der Waals surface area contributed by atoms with Gasteiger partial charge in [-0.25, -0.2) is 9.59 Å². The van der Waals surface area contributed by atoms with Gasteiger partial charge in [-0.1, -0.05) is 36.4 Å². The molecule has 8 heteroatoms. The predicted molar refractivity (Wildman–Crippen MR) is 85.6 cm³/mol. The molecule has 3 amide bonds. The van der Waals surface area contributed by atoms with Gasteiger partial charge in [0.2, 0.25) is 0 Å². The Hall–Kier alpha value is -3.16. The Bertz CT molecular complexity index is 657. The molecule has 1 aromatic carbocycles. The van der Waals surface area contributed by atoms with Gasteiger partial charge in [0.1, 0.15) is 13.2 Å². The van der Waals surface area contributed by atoms with Crippen molar-refractivity contribution in [1.82, 2.24) is 9.96 Å². The summed E-state index contributed by atoms with van der Waals surface area (Å²) < 4.78 is 5.14. The maximum atomic E-state index is 12.1. The fourth-order valence-corrected chi connectivity index (χ4v) is 2.11. The number of imide groups is 1. The lowest BCUT2D eigenvalue weighted by atomic mass is 10.2. The summed E-state index contributed by atoms with van der Waals surface area (Å²) in [5.74, 6) is -2.08. The Morgan fingerprint density at radius 1 is 1.16 bits per heavy atom. The molecular formula is C17H18N2O6. The van der Waals surface area contributed by atoms with Crippen molar-refractivity contribution in [3.8, 4) is 0 Å². The van der Waals surface area contributed by atoms with Gasteiger partial charge in [-0.15, -0.1) is 11.6 Å². The van der Waals surface area contributed by atoms with Crippen molar-refractivity contribution in [2.24, 2.45) is 0 Å². The van der Waals surface area contributed by atoms with E-state index in [0.717, 1.165) is 10.5 Å². The minimum Gasteiger partial charge on any atom is -0.445 e.